The Bertz CT molecular complexity index is 1400. The van der Waals surface area contributed by atoms with E-state index in [2.05, 4.69) is 38.6 Å². The number of rotatable bonds is 6. The average Bonchev–Trinajstić information content (AvgIpc) is 3.46. The lowest BCUT2D eigenvalue weighted by molar-refractivity contribution is 0.102. The minimum Gasteiger partial charge on any atom is -0.338 e. The summed E-state index contributed by atoms with van der Waals surface area (Å²) < 4.78 is 5.17. The fraction of sp³-hybridized carbons (Fsp3) is 0.0833. The Morgan fingerprint density at radius 2 is 1.84 bits per heavy atom. The quantitative estimate of drug-likeness (QED) is 0.305. The Morgan fingerprint density at radius 1 is 1.03 bits per heavy atom. The Morgan fingerprint density at radius 3 is 2.72 bits per heavy atom. The van der Waals surface area contributed by atoms with E-state index in [9.17, 15) is 4.79 Å². The molecule has 2 aromatic heterocycles. The predicted octanol–water partition coefficient (Wildman–Crippen LogP) is 6.20. The second-order valence-electron chi connectivity index (χ2n) is 7.04. The number of fused-ring (bicyclic) bond motifs is 1. The van der Waals surface area contributed by atoms with E-state index < -0.39 is 0 Å². The molecule has 5 aromatic rings. The number of aromatic nitrogens is 3. The molecule has 0 fully saturated rings. The lowest BCUT2D eigenvalue weighted by atomic mass is 10.0. The van der Waals surface area contributed by atoms with E-state index in [1.54, 1.807) is 13.0 Å². The molecule has 158 valence electrons. The van der Waals surface area contributed by atoms with Crippen molar-refractivity contribution in [1.29, 1.82) is 0 Å². The lowest BCUT2D eigenvalue weighted by Crippen LogP contribution is -2.12. The maximum atomic E-state index is 13.0. The van der Waals surface area contributed by atoms with Gasteiger partial charge < -0.3 is 4.52 Å². The van der Waals surface area contributed by atoms with E-state index in [0.29, 0.717) is 28.2 Å². The number of thioether (sulfide) groups is 1. The van der Waals surface area contributed by atoms with Gasteiger partial charge >= 0.3 is 0 Å². The monoisotopic (exact) mass is 458 g/mol. The van der Waals surface area contributed by atoms with Crippen LogP contribution >= 0.6 is 23.1 Å². The molecule has 0 saturated heterocycles. The summed E-state index contributed by atoms with van der Waals surface area (Å²) in [7, 11) is 0. The third kappa shape index (κ3) is 4.28. The summed E-state index contributed by atoms with van der Waals surface area (Å²) in [5.74, 6) is 1.42. The molecule has 6 nitrogen and oxygen atoms in total. The van der Waals surface area contributed by atoms with Gasteiger partial charge in [-0.1, -0.05) is 59.8 Å². The molecule has 0 atom stereocenters. The summed E-state index contributed by atoms with van der Waals surface area (Å²) >= 11 is 2.89. The Labute approximate surface area is 192 Å². The van der Waals surface area contributed by atoms with Crippen molar-refractivity contribution < 1.29 is 9.32 Å². The molecule has 0 spiro atoms. The first-order valence-electron chi connectivity index (χ1n) is 9.93. The van der Waals surface area contributed by atoms with Gasteiger partial charge in [0.1, 0.15) is 0 Å². The molecule has 1 N–H and O–H groups in total. The first-order chi connectivity index (χ1) is 15.7. The van der Waals surface area contributed by atoms with E-state index in [0.717, 1.165) is 26.9 Å². The summed E-state index contributed by atoms with van der Waals surface area (Å²) in [5.41, 5.74) is 2.47. The molecule has 0 unspecified atom stereocenters. The normalized spacial score (nSPS) is 11.0. The topological polar surface area (TPSA) is 80.9 Å². The van der Waals surface area contributed by atoms with Crippen molar-refractivity contribution in [2.24, 2.45) is 0 Å². The molecule has 3 aromatic carbocycles. The third-order valence-corrected chi connectivity index (χ3v) is 6.66. The molecule has 32 heavy (non-hydrogen) atoms. The van der Waals surface area contributed by atoms with Crippen LogP contribution in [0.3, 0.4) is 0 Å². The van der Waals surface area contributed by atoms with E-state index >= 15 is 0 Å². The zero-order chi connectivity index (χ0) is 21.9. The van der Waals surface area contributed by atoms with Gasteiger partial charge in [0.05, 0.1) is 17.0 Å². The van der Waals surface area contributed by atoms with E-state index in [1.807, 2.05) is 47.8 Å². The largest absolute Gasteiger partial charge is 0.338 e. The van der Waals surface area contributed by atoms with Crippen LogP contribution in [-0.4, -0.2) is 21.0 Å². The summed E-state index contributed by atoms with van der Waals surface area (Å²) in [6.45, 7) is 1.78. The molecule has 1 amide bonds. The molecule has 0 bridgehead atoms. The lowest BCUT2D eigenvalue weighted by Gasteiger charge is -2.07. The number of carbonyl (C=O) groups is 1. The Balaban J connectivity index is 1.34. The molecule has 2 heterocycles. The van der Waals surface area contributed by atoms with Crippen LogP contribution < -0.4 is 5.32 Å². The molecule has 0 aliphatic heterocycles. The highest BCUT2D eigenvalue weighted by atomic mass is 32.2. The van der Waals surface area contributed by atoms with Crippen LogP contribution in [0.15, 0.2) is 81.5 Å². The first-order valence-corrected chi connectivity index (χ1v) is 11.8. The van der Waals surface area contributed by atoms with Crippen LogP contribution in [0.25, 0.3) is 22.0 Å². The maximum Gasteiger partial charge on any atom is 0.258 e. The molecule has 5 rings (SSSR count). The van der Waals surface area contributed by atoms with E-state index in [4.69, 9.17) is 4.52 Å². The Kier molecular flexibility index (Phi) is 5.70. The van der Waals surface area contributed by atoms with Gasteiger partial charge in [-0.25, -0.2) is 4.98 Å². The fourth-order valence-corrected chi connectivity index (χ4v) is 4.98. The van der Waals surface area contributed by atoms with Gasteiger partial charge in [0.15, 0.2) is 11.0 Å². The summed E-state index contributed by atoms with van der Waals surface area (Å²) in [5, 5.41) is 11.6. The summed E-state index contributed by atoms with van der Waals surface area (Å²) in [6.07, 6.45) is 0. The van der Waals surface area contributed by atoms with E-state index in [1.165, 1.54) is 23.1 Å². The molecular weight excluding hydrogens is 440 g/mol. The highest BCUT2D eigenvalue weighted by Crippen LogP contribution is 2.32. The molecule has 0 radical (unpaired) electrons. The highest BCUT2D eigenvalue weighted by Gasteiger charge is 2.15. The van der Waals surface area contributed by atoms with Crippen molar-refractivity contribution in [3.05, 3.63) is 89.4 Å². The number of anilines is 1. The second kappa shape index (κ2) is 8.94. The van der Waals surface area contributed by atoms with Crippen molar-refractivity contribution >= 4 is 44.9 Å². The summed E-state index contributed by atoms with van der Waals surface area (Å²) in [4.78, 5) is 22.7. The number of hydrogen-bond donors (Lipinski definition) is 1. The number of nitrogens with one attached hydrogen (secondary N) is 1. The predicted molar refractivity (Wildman–Crippen MR) is 128 cm³/mol. The number of nitrogens with zero attached hydrogens (tertiary/aromatic N) is 3. The van der Waals surface area contributed by atoms with Gasteiger partial charge in [0.2, 0.25) is 5.89 Å². The summed E-state index contributed by atoms with van der Waals surface area (Å²) in [6, 6.07) is 21.8. The zero-order valence-electron chi connectivity index (χ0n) is 17.1. The standard InChI is InChI=1S/C24H18N4O2S2/c1-15-25-22(30-28-15)14-31-21-12-5-4-10-19(21)23(29)27-24-26-20(13-32-24)18-11-6-8-16-7-2-3-9-17(16)18/h2-13H,14H2,1H3,(H,26,27,29). The number of hydrogen-bond acceptors (Lipinski definition) is 7. The minimum atomic E-state index is -0.200. The maximum absolute atomic E-state index is 13.0. The van der Waals surface area contributed by atoms with Crippen LogP contribution in [-0.2, 0) is 5.75 Å². The number of thiazole rings is 1. The van der Waals surface area contributed by atoms with Crippen molar-refractivity contribution in [3.8, 4) is 11.3 Å². The molecule has 8 heteroatoms. The Hall–Kier alpha value is -3.49. The van der Waals surface area contributed by atoms with Gasteiger partial charge in [-0.05, 0) is 29.8 Å². The van der Waals surface area contributed by atoms with Crippen LogP contribution in [0.5, 0.6) is 0 Å². The molecule has 0 aliphatic rings. The number of benzene rings is 3. The van der Waals surface area contributed by atoms with Gasteiger partial charge in [-0.2, -0.15) is 4.98 Å². The third-order valence-electron chi connectivity index (χ3n) is 4.84. The van der Waals surface area contributed by atoms with Crippen molar-refractivity contribution in [2.75, 3.05) is 5.32 Å². The van der Waals surface area contributed by atoms with Gasteiger partial charge in [0, 0.05) is 15.8 Å². The molecule has 0 saturated carbocycles. The van der Waals surface area contributed by atoms with Crippen molar-refractivity contribution in [3.63, 3.8) is 0 Å². The fourth-order valence-electron chi connectivity index (χ4n) is 3.39. The van der Waals surface area contributed by atoms with Gasteiger partial charge in [0.25, 0.3) is 5.91 Å². The van der Waals surface area contributed by atoms with E-state index in [-0.39, 0.29) is 5.91 Å². The van der Waals surface area contributed by atoms with Crippen molar-refractivity contribution in [2.45, 2.75) is 17.6 Å². The number of aryl methyl sites for hydroxylation is 1. The molecule has 0 aliphatic carbocycles. The van der Waals surface area contributed by atoms with Gasteiger partial charge in [-0.3, -0.25) is 10.1 Å². The minimum absolute atomic E-state index is 0.200. The molecular formula is C24H18N4O2S2. The first kappa shape index (κ1) is 20.4. The zero-order valence-corrected chi connectivity index (χ0v) is 18.7. The second-order valence-corrected chi connectivity index (χ2v) is 8.91. The van der Waals surface area contributed by atoms with Crippen LogP contribution in [0.1, 0.15) is 22.1 Å². The van der Waals surface area contributed by atoms with Crippen molar-refractivity contribution in [1.82, 2.24) is 15.1 Å². The highest BCUT2D eigenvalue weighted by molar-refractivity contribution is 7.98. The number of carbonyl (C=O) groups excluding carboxylic acids is 1. The van der Waals surface area contributed by atoms with Gasteiger partial charge in [-0.15, -0.1) is 23.1 Å². The smallest absolute Gasteiger partial charge is 0.258 e. The van der Waals surface area contributed by atoms with Crippen LogP contribution in [0.4, 0.5) is 5.13 Å². The SMILES string of the molecule is Cc1noc(CSc2ccccc2C(=O)Nc2nc(-c3cccc4ccccc34)cs2)n1. The number of amides is 1. The van der Waals surface area contributed by atoms with Crippen LogP contribution in [0.2, 0.25) is 0 Å². The van der Waals surface area contributed by atoms with Crippen LogP contribution in [0, 0.1) is 6.92 Å². The average molecular weight is 459 g/mol.